The van der Waals surface area contributed by atoms with Gasteiger partial charge in [-0.05, 0) is 31.2 Å². The van der Waals surface area contributed by atoms with E-state index in [4.69, 9.17) is 4.42 Å². The Labute approximate surface area is 117 Å². The highest BCUT2D eigenvalue weighted by Crippen LogP contribution is 2.57. The van der Waals surface area contributed by atoms with Crippen molar-refractivity contribution in [3.8, 4) is 0 Å². The molecule has 1 aromatic carbocycles. The van der Waals surface area contributed by atoms with Gasteiger partial charge in [0.15, 0.2) is 0 Å². The van der Waals surface area contributed by atoms with E-state index in [0.29, 0.717) is 11.8 Å². The van der Waals surface area contributed by atoms with Crippen molar-refractivity contribution >= 4 is 16.9 Å². The number of hydrogen-bond acceptors (Lipinski definition) is 2. The van der Waals surface area contributed by atoms with E-state index >= 15 is 0 Å². The maximum atomic E-state index is 12.3. The van der Waals surface area contributed by atoms with Crippen LogP contribution in [0.4, 0.5) is 0 Å². The maximum absolute atomic E-state index is 12.3. The van der Waals surface area contributed by atoms with Crippen molar-refractivity contribution in [2.45, 2.75) is 37.6 Å². The van der Waals surface area contributed by atoms with Crippen LogP contribution in [0, 0.1) is 5.92 Å². The lowest BCUT2D eigenvalue weighted by molar-refractivity contribution is -0.132. The number of nitrogens with zero attached hydrogens (tertiary/aromatic N) is 1. The van der Waals surface area contributed by atoms with Gasteiger partial charge < -0.3 is 9.32 Å². The first-order chi connectivity index (χ1) is 9.80. The Bertz CT molecular complexity index is 732. The van der Waals surface area contributed by atoms with Gasteiger partial charge in [-0.1, -0.05) is 24.6 Å². The Morgan fingerprint density at radius 2 is 2.20 bits per heavy atom. The standard InChI is InChI=1S/C17H17NO2/c19-15-10-11-4-3-8-17(11)16-13(7-9-18(15)17)12-5-1-2-6-14(12)20-16/h1-2,5-6,11H,3-4,7-10H2. The van der Waals surface area contributed by atoms with Gasteiger partial charge in [0, 0.05) is 23.9 Å². The van der Waals surface area contributed by atoms with Crippen LogP contribution in [0.2, 0.25) is 0 Å². The Morgan fingerprint density at radius 3 is 3.15 bits per heavy atom. The van der Waals surface area contributed by atoms with Crippen molar-refractivity contribution in [2.24, 2.45) is 5.92 Å². The van der Waals surface area contributed by atoms with Crippen LogP contribution in [0.1, 0.15) is 37.0 Å². The third kappa shape index (κ3) is 1.07. The van der Waals surface area contributed by atoms with Gasteiger partial charge in [0.25, 0.3) is 0 Å². The molecule has 2 aromatic rings. The lowest BCUT2D eigenvalue weighted by Gasteiger charge is -2.41. The van der Waals surface area contributed by atoms with Gasteiger partial charge in [-0.15, -0.1) is 0 Å². The largest absolute Gasteiger partial charge is 0.458 e. The minimum Gasteiger partial charge on any atom is -0.458 e. The summed E-state index contributed by atoms with van der Waals surface area (Å²) < 4.78 is 6.26. The molecule has 2 aliphatic heterocycles. The highest BCUT2D eigenvalue weighted by molar-refractivity contribution is 5.86. The molecular weight excluding hydrogens is 250 g/mol. The summed E-state index contributed by atoms with van der Waals surface area (Å²) in [6.45, 7) is 0.867. The Kier molecular flexibility index (Phi) is 1.89. The molecule has 2 unspecified atom stereocenters. The molecule has 5 rings (SSSR count). The summed E-state index contributed by atoms with van der Waals surface area (Å²) in [6.07, 6.45) is 5.11. The first-order valence-electron chi connectivity index (χ1n) is 7.62. The second kappa shape index (κ2) is 3.46. The molecule has 1 saturated heterocycles. The molecule has 2 atom stereocenters. The van der Waals surface area contributed by atoms with Gasteiger partial charge in [-0.2, -0.15) is 0 Å². The van der Waals surface area contributed by atoms with Crippen LogP contribution in [0.25, 0.3) is 11.0 Å². The fraction of sp³-hybridized carbons (Fsp3) is 0.471. The minimum atomic E-state index is -0.107. The van der Waals surface area contributed by atoms with E-state index < -0.39 is 0 Å². The van der Waals surface area contributed by atoms with E-state index in [0.717, 1.165) is 37.2 Å². The molecule has 20 heavy (non-hydrogen) atoms. The molecule has 3 heteroatoms. The first-order valence-corrected chi connectivity index (χ1v) is 7.62. The topological polar surface area (TPSA) is 33.5 Å². The van der Waals surface area contributed by atoms with E-state index in [2.05, 4.69) is 23.1 Å². The summed E-state index contributed by atoms with van der Waals surface area (Å²) in [7, 11) is 0. The number of hydrogen-bond donors (Lipinski definition) is 0. The van der Waals surface area contributed by atoms with Crippen LogP contribution >= 0.6 is 0 Å². The number of carbonyl (C=O) groups is 1. The van der Waals surface area contributed by atoms with Crippen LogP contribution in [-0.4, -0.2) is 17.4 Å². The summed E-state index contributed by atoms with van der Waals surface area (Å²) in [5.41, 5.74) is 2.24. The summed E-state index contributed by atoms with van der Waals surface area (Å²) in [6, 6.07) is 8.31. The number of furan rings is 1. The molecule has 1 aromatic heterocycles. The molecule has 1 aliphatic carbocycles. The fourth-order valence-electron chi connectivity index (χ4n) is 4.90. The molecule has 1 amide bonds. The summed E-state index contributed by atoms with van der Waals surface area (Å²) in [5, 5.41) is 1.25. The second-order valence-corrected chi connectivity index (χ2v) is 6.42. The molecule has 3 heterocycles. The van der Waals surface area contributed by atoms with Gasteiger partial charge in [-0.3, -0.25) is 4.79 Å². The number of rotatable bonds is 0. The number of fused-ring (bicyclic) bond motifs is 3. The summed E-state index contributed by atoms with van der Waals surface area (Å²) in [5.74, 6) is 1.91. The van der Waals surface area contributed by atoms with Crippen molar-refractivity contribution in [1.82, 2.24) is 4.90 Å². The zero-order valence-electron chi connectivity index (χ0n) is 11.4. The van der Waals surface area contributed by atoms with Crippen LogP contribution in [0.15, 0.2) is 28.7 Å². The van der Waals surface area contributed by atoms with E-state index in [1.54, 1.807) is 0 Å². The van der Waals surface area contributed by atoms with Crippen molar-refractivity contribution in [1.29, 1.82) is 0 Å². The number of carbonyl (C=O) groups excluding carboxylic acids is 1. The van der Waals surface area contributed by atoms with Gasteiger partial charge in [0.2, 0.25) is 5.91 Å². The number of para-hydroxylation sites is 1. The molecule has 102 valence electrons. The molecule has 3 nitrogen and oxygen atoms in total. The molecule has 2 fully saturated rings. The van der Waals surface area contributed by atoms with E-state index in [9.17, 15) is 4.79 Å². The molecule has 0 bridgehead atoms. The Balaban J connectivity index is 1.83. The highest BCUT2D eigenvalue weighted by atomic mass is 16.3. The van der Waals surface area contributed by atoms with E-state index in [1.807, 2.05) is 6.07 Å². The van der Waals surface area contributed by atoms with Crippen LogP contribution in [0.5, 0.6) is 0 Å². The molecule has 3 aliphatic rings. The average molecular weight is 267 g/mol. The Morgan fingerprint density at radius 1 is 1.30 bits per heavy atom. The van der Waals surface area contributed by atoms with Crippen LogP contribution < -0.4 is 0 Å². The van der Waals surface area contributed by atoms with E-state index in [1.165, 1.54) is 23.8 Å². The van der Waals surface area contributed by atoms with E-state index in [-0.39, 0.29) is 5.54 Å². The second-order valence-electron chi connectivity index (χ2n) is 6.42. The summed E-state index contributed by atoms with van der Waals surface area (Å²) >= 11 is 0. The Hall–Kier alpha value is -1.77. The molecule has 0 N–H and O–H groups in total. The van der Waals surface area contributed by atoms with Crippen molar-refractivity contribution in [3.05, 3.63) is 35.6 Å². The van der Waals surface area contributed by atoms with Gasteiger partial charge in [0.05, 0.1) is 0 Å². The lowest BCUT2D eigenvalue weighted by atomic mass is 9.80. The summed E-state index contributed by atoms with van der Waals surface area (Å²) in [4.78, 5) is 14.5. The molecule has 1 spiro atoms. The van der Waals surface area contributed by atoms with Gasteiger partial charge in [-0.25, -0.2) is 0 Å². The monoisotopic (exact) mass is 267 g/mol. The predicted molar refractivity (Wildman–Crippen MR) is 75.3 cm³/mol. The van der Waals surface area contributed by atoms with Crippen molar-refractivity contribution < 1.29 is 9.21 Å². The maximum Gasteiger partial charge on any atom is 0.223 e. The average Bonchev–Trinajstić information content (AvgIpc) is 3.08. The number of benzene rings is 1. The van der Waals surface area contributed by atoms with Gasteiger partial charge in [0.1, 0.15) is 16.9 Å². The van der Waals surface area contributed by atoms with Crippen LogP contribution in [0.3, 0.4) is 0 Å². The minimum absolute atomic E-state index is 0.107. The molecule has 0 radical (unpaired) electrons. The lowest BCUT2D eigenvalue weighted by Crippen LogP contribution is -2.48. The quantitative estimate of drug-likeness (QED) is 0.734. The molecule has 1 saturated carbocycles. The molecular formula is C17H17NO2. The highest BCUT2D eigenvalue weighted by Gasteiger charge is 2.60. The zero-order valence-corrected chi connectivity index (χ0v) is 11.4. The number of amides is 1. The van der Waals surface area contributed by atoms with Crippen molar-refractivity contribution in [2.75, 3.05) is 6.54 Å². The fourth-order valence-corrected chi connectivity index (χ4v) is 4.90. The van der Waals surface area contributed by atoms with Crippen molar-refractivity contribution in [3.63, 3.8) is 0 Å². The SMILES string of the molecule is O=C1CC2CCCC23c2oc4ccccc4c2CCN13. The smallest absolute Gasteiger partial charge is 0.223 e. The predicted octanol–water partition coefficient (Wildman–Crippen LogP) is 3.22. The third-order valence-electron chi connectivity index (χ3n) is 5.67. The normalized spacial score (nSPS) is 31.5. The zero-order chi connectivity index (χ0) is 13.3. The first kappa shape index (κ1) is 11.0. The third-order valence-corrected chi connectivity index (χ3v) is 5.67. The van der Waals surface area contributed by atoms with Crippen LogP contribution in [-0.2, 0) is 16.8 Å². The van der Waals surface area contributed by atoms with Gasteiger partial charge >= 0.3 is 0 Å².